The molecular formula is C30H33N7O3. The molecule has 0 unspecified atom stereocenters. The lowest BCUT2D eigenvalue weighted by atomic mass is 9.87. The van der Waals surface area contributed by atoms with Gasteiger partial charge in [-0.15, -0.1) is 0 Å². The van der Waals surface area contributed by atoms with Gasteiger partial charge in [0.15, 0.2) is 0 Å². The number of ether oxygens (including phenoxy) is 1. The van der Waals surface area contributed by atoms with E-state index in [0.717, 1.165) is 22.6 Å². The highest BCUT2D eigenvalue weighted by molar-refractivity contribution is 5.99. The molecule has 206 valence electrons. The van der Waals surface area contributed by atoms with E-state index >= 15 is 0 Å². The minimum Gasteiger partial charge on any atom is -0.489 e. The zero-order valence-corrected chi connectivity index (χ0v) is 22.9. The summed E-state index contributed by atoms with van der Waals surface area (Å²) in [7, 11) is 1.76. The number of rotatable bonds is 7. The Bertz CT molecular complexity index is 1540. The standard InChI is InChI=1S/C30H33N7O3/c1-29(2,39)20-40-24-15-25(27-22(16-31)18-34-37(27)19-24)21-9-10-26(33-17-21)36-13-11-30(32,12-14-36)28(38)35(3)23-7-5-4-6-8-23/h4-10,15,17-19,39H,11-14,20,32H2,1-3H3. The topological polar surface area (TPSA) is 133 Å². The number of pyridine rings is 2. The van der Waals surface area contributed by atoms with E-state index in [9.17, 15) is 15.2 Å². The second kappa shape index (κ2) is 10.6. The Kier molecular flexibility index (Phi) is 7.19. The Morgan fingerprint density at radius 1 is 1.20 bits per heavy atom. The molecule has 3 aromatic heterocycles. The zero-order valence-electron chi connectivity index (χ0n) is 22.9. The van der Waals surface area contributed by atoms with Crippen LogP contribution in [0, 0.1) is 11.3 Å². The molecule has 3 N–H and O–H groups in total. The number of carbonyl (C=O) groups excluding carboxylic acids is 1. The van der Waals surface area contributed by atoms with E-state index in [1.165, 1.54) is 6.20 Å². The van der Waals surface area contributed by atoms with E-state index in [1.807, 2.05) is 48.5 Å². The van der Waals surface area contributed by atoms with Crippen LogP contribution in [-0.4, -0.2) is 63.5 Å². The SMILES string of the molecule is CN(C(=O)C1(N)CCN(c2ccc(-c3cc(OCC(C)(C)O)cn4ncc(C#N)c34)cn2)CC1)c1ccccc1. The Hall–Kier alpha value is -4.46. The van der Waals surface area contributed by atoms with Crippen molar-refractivity contribution in [1.29, 1.82) is 5.26 Å². The first-order valence-electron chi connectivity index (χ1n) is 13.2. The van der Waals surface area contributed by atoms with Crippen molar-refractivity contribution >= 4 is 22.9 Å². The molecule has 0 saturated carbocycles. The number of hydrogen-bond acceptors (Lipinski definition) is 8. The molecule has 0 spiro atoms. The number of carbonyl (C=O) groups is 1. The van der Waals surface area contributed by atoms with Gasteiger partial charge in [0, 0.05) is 43.1 Å². The van der Waals surface area contributed by atoms with Gasteiger partial charge < -0.3 is 25.4 Å². The van der Waals surface area contributed by atoms with Crippen LogP contribution in [0.25, 0.3) is 16.6 Å². The number of anilines is 2. The molecule has 0 bridgehead atoms. The summed E-state index contributed by atoms with van der Waals surface area (Å²) in [4.78, 5) is 21.7. The van der Waals surface area contributed by atoms with Crippen molar-refractivity contribution in [3.63, 3.8) is 0 Å². The second-order valence-electron chi connectivity index (χ2n) is 10.9. The molecule has 10 heteroatoms. The number of nitrogens with zero attached hydrogens (tertiary/aromatic N) is 6. The van der Waals surface area contributed by atoms with Crippen LogP contribution in [0.5, 0.6) is 5.75 Å². The van der Waals surface area contributed by atoms with Gasteiger partial charge in [0.25, 0.3) is 0 Å². The van der Waals surface area contributed by atoms with Crippen LogP contribution in [-0.2, 0) is 4.79 Å². The van der Waals surface area contributed by atoms with Gasteiger partial charge >= 0.3 is 0 Å². The molecule has 4 heterocycles. The maximum atomic E-state index is 13.2. The molecular weight excluding hydrogens is 506 g/mol. The van der Waals surface area contributed by atoms with Crippen LogP contribution in [0.4, 0.5) is 11.5 Å². The third kappa shape index (κ3) is 5.47. The van der Waals surface area contributed by atoms with E-state index in [1.54, 1.807) is 42.7 Å². The smallest absolute Gasteiger partial charge is 0.246 e. The highest BCUT2D eigenvalue weighted by Crippen LogP contribution is 2.33. The van der Waals surface area contributed by atoms with Crippen LogP contribution in [0.15, 0.2) is 67.1 Å². The Labute approximate surface area is 233 Å². The lowest BCUT2D eigenvalue weighted by molar-refractivity contribution is -0.124. The van der Waals surface area contributed by atoms with E-state index in [4.69, 9.17) is 15.5 Å². The van der Waals surface area contributed by atoms with E-state index in [-0.39, 0.29) is 12.5 Å². The van der Waals surface area contributed by atoms with Crippen molar-refractivity contribution in [2.75, 3.05) is 36.5 Å². The largest absolute Gasteiger partial charge is 0.489 e. The summed E-state index contributed by atoms with van der Waals surface area (Å²) in [6.45, 7) is 4.64. The van der Waals surface area contributed by atoms with Crippen molar-refractivity contribution in [3.8, 4) is 22.9 Å². The summed E-state index contributed by atoms with van der Waals surface area (Å²) in [5.41, 5.74) is 8.13. The number of likely N-dealkylation sites (N-methyl/N-ethyl adjacent to an activating group) is 1. The molecule has 1 aliphatic rings. The van der Waals surface area contributed by atoms with Gasteiger partial charge in [0.05, 0.1) is 34.6 Å². The summed E-state index contributed by atoms with van der Waals surface area (Å²) in [6.07, 6.45) is 5.99. The molecule has 1 aliphatic heterocycles. The fourth-order valence-electron chi connectivity index (χ4n) is 4.92. The zero-order chi connectivity index (χ0) is 28.5. The summed E-state index contributed by atoms with van der Waals surface area (Å²) in [6, 6.07) is 17.4. The van der Waals surface area contributed by atoms with Gasteiger partial charge in [-0.25, -0.2) is 9.50 Å². The molecule has 10 nitrogen and oxygen atoms in total. The van der Waals surface area contributed by atoms with Crippen molar-refractivity contribution in [2.24, 2.45) is 5.73 Å². The first-order valence-corrected chi connectivity index (χ1v) is 13.2. The van der Waals surface area contributed by atoms with Crippen LogP contribution in [0.1, 0.15) is 32.3 Å². The Balaban J connectivity index is 1.34. The number of nitrogens with two attached hydrogens (primary N) is 1. The number of fused-ring (bicyclic) bond motifs is 1. The van der Waals surface area contributed by atoms with Gasteiger partial charge in [-0.05, 0) is 57.0 Å². The monoisotopic (exact) mass is 539 g/mol. The van der Waals surface area contributed by atoms with Gasteiger partial charge in [0.2, 0.25) is 5.91 Å². The molecule has 5 rings (SSSR count). The number of nitriles is 1. The first kappa shape index (κ1) is 27.1. The molecule has 1 aromatic carbocycles. The van der Waals surface area contributed by atoms with Gasteiger partial charge in [0.1, 0.15) is 24.2 Å². The first-order chi connectivity index (χ1) is 19.1. The predicted molar refractivity (Wildman–Crippen MR) is 153 cm³/mol. The molecule has 4 aromatic rings. The number of para-hydroxylation sites is 1. The Morgan fingerprint density at radius 3 is 2.55 bits per heavy atom. The molecule has 0 atom stereocenters. The summed E-state index contributed by atoms with van der Waals surface area (Å²) in [5.74, 6) is 1.21. The third-order valence-electron chi connectivity index (χ3n) is 7.21. The summed E-state index contributed by atoms with van der Waals surface area (Å²) >= 11 is 0. The van der Waals surface area contributed by atoms with E-state index < -0.39 is 11.1 Å². The molecule has 0 radical (unpaired) electrons. The van der Waals surface area contributed by atoms with Crippen molar-refractivity contribution in [2.45, 2.75) is 37.8 Å². The average molecular weight is 540 g/mol. The highest BCUT2D eigenvalue weighted by Gasteiger charge is 2.40. The lowest BCUT2D eigenvalue weighted by Crippen LogP contribution is -2.60. The molecule has 1 fully saturated rings. The third-order valence-corrected chi connectivity index (χ3v) is 7.21. The number of hydrogen-bond donors (Lipinski definition) is 2. The lowest BCUT2D eigenvalue weighted by Gasteiger charge is -2.40. The maximum absolute atomic E-state index is 13.2. The predicted octanol–water partition coefficient (Wildman–Crippen LogP) is 3.38. The summed E-state index contributed by atoms with van der Waals surface area (Å²) in [5, 5.41) is 24.0. The van der Waals surface area contributed by atoms with Crippen molar-refractivity contribution < 1.29 is 14.6 Å². The minimum absolute atomic E-state index is 0.0912. The number of aromatic nitrogens is 3. The summed E-state index contributed by atoms with van der Waals surface area (Å²) < 4.78 is 7.43. The van der Waals surface area contributed by atoms with E-state index in [0.29, 0.717) is 42.8 Å². The van der Waals surface area contributed by atoms with Crippen LogP contribution in [0.3, 0.4) is 0 Å². The number of aliphatic hydroxyl groups is 1. The molecule has 0 aliphatic carbocycles. The molecule has 1 saturated heterocycles. The Morgan fingerprint density at radius 2 is 1.93 bits per heavy atom. The van der Waals surface area contributed by atoms with Crippen LogP contribution in [0.2, 0.25) is 0 Å². The van der Waals surface area contributed by atoms with Crippen molar-refractivity contribution in [3.05, 3.63) is 72.7 Å². The number of piperidine rings is 1. The second-order valence-corrected chi connectivity index (χ2v) is 10.9. The van der Waals surface area contributed by atoms with Gasteiger partial charge in [-0.3, -0.25) is 4.79 Å². The number of benzene rings is 1. The molecule has 1 amide bonds. The van der Waals surface area contributed by atoms with Crippen LogP contribution >= 0.6 is 0 Å². The molecule has 40 heavy (non-hydrogen) atoms. The maximum Gasteiger partial charge on any atom is 0.246 e. The normalized spacial score (nSPS) is 15.1. The fourth-order valence-corrected chi connectivity index (χ4v) is 4.92. The quantitative estimate of drug-likeness (QED) is 0.365. The van der Waals surface area contributed by atoms with Gasteiger partial charge in [-0.2, -0.15) is 10.4 Å². The van der Waals surface area contributed by atoms with Crippen molar-refractivity contribution in [1.82, 2.24) is 14.6 Å². The average Bonchev–Trinajstić information content (AvgIpc) is 3.39. The minimum atomic E-state index is -1.00. The fraction of sp³-hybridized carbons (Fsp3) is 0.333. The van der Waals surface area contributed by atoms with E-state index in [2.05, 4.69) is 16.1 Å². The number of amides is 1. The highest BCUT2D eigenvalue weighted by atomic mass is 16.5. The van der Waals surface area contributed by atoms with Gasteiger partial charge in [-0.1, -0.05) is 18.2 Å². The van der Waals surface area contributed by atoms with Crippen LogP contribution < -0.4 is 20.3 Å².